The zero-order valence-electron chi connectivity index (χ0n) is 9.86. The Bertz CT molecular complexity index is 281. The maximum absolute atomic E-state index is 5.66. The summed E-state index contributed by atoms with van der Waals surface area (Å²) in [7, 11) is 0. The highest BCUT2D eigenvalue weighted by Crippen LogP contribution is 2.25. The zero-order valence-corrected chi connectivity index (χ0v) is 9.86. The van der Waals surface area contributed by atoms with Gasteiger partial charge in [0.25, 0.3) is 0 Å². The van der Waals surface area contributed by atoms with Gasteiger partial charge in [-0.3, -0.25) is 0 Å². The molecule has 0 aliphatic heterocycles. The van der Waals surface area contributed by atoms with Crippen LogP contribution in [0.1, 0.15) is 32.3 Å². The van der Waals surface area contributed by atoms with Crippen molar-refractivity contribution in [2.24, 2.45) is 11.7 Å². The monoisotopic (exact) mass is 207 g/mol. The van der Waals surface area contributed by atoms with Crippen molar-refractivity contribution < 1.29 is 4.74 Å². The summed E-state index contributed by atoms with van der Waals surface area (Å²) in [4.78, 5) is 0. The first-order valence-electron chi connectivity index (χ1n) is 5.61. The minimum Gasteiger partial charge on any atom is -0.494 e. The summed E-state index contributed by atoms with van der Waals surface area (Å²) < 4.78 is 5.40. The molecule has 1 aromatic rings. The van der Waals surface area contributed by atoms with Crippen LogP contribution in [0.15, 0.2) is 24.3 Å². The van der Waals surface area contributed by atoms with Gasteiger partial charge in [-0.2, -0.15) is 0 Å². The molecule has 1 aromatic carbocycles. The third-order valence-electron chi connectivity index (χ3n) is 2.94. The van der Waals surface area contributed by atoms with Crippen molar-refractivity contribution in [3.63, 3.8) is 0 Å². The lowest BCUT2D eigenvalue weighted by atomic mass is 9.89. The van der Waals surface area contributed by atoms with Crippen LogP contribution < -0.4 is 10.5 Å². The van der Waals surface area contributed by atoms with E-state index < -0.39 is 0 Å². The predicted octanol–water partition coefficient (Wildman–Crippen LogP) is 2.78. The molecule has 0 saturated carbocycles. The van der Waals surface area contributed by atoms with Gasteiger partial charge in [-0.15, -0.1) is 0 Å². The quantitative estimate of drug-likeness (QED) is 0.805. The van der Waals surface area contributed by atoms with Crippen LogP contribution in [0.2, 0.25) is 0 Å². The van der Waals surface area contributed by atoms with Crippen molar-refractivity contribution in [2.75, 3.05) is 13.2 Å². The third-order valence-corrected chi connectivity index (χ3v) is 2.94. The van der Waals surface area contributed by atoms with Gasteiger partial charge >= 0.3 is 0 Å². The van der Waals surface area contributed by atoms with E-state index in [2.05, 4.69) is 26.0 Å². The summed E-state index contributed by atoms with van der Waals surface area (Å²) in [6.07, 6.45) is 0. The maximum atomic E-state index is 5.66. The van der Waals surface area contributed by atoms with Crippen LogP contribution in [0, 0.1) is 5.92 Å². The smallest absolute Gasteiger partial charge is 0.119 e. The minimum absolute atomic E-state index is 0.505. The van der Waals surface area contributed by atoms with Gasteiger partial charge < -0.3 is 10.5 Å². The van der Waals surface area contributed by atoms with E-state index in [1.165, 1.54) is 5.56 Å². The van der Waals surface area contributed by atoms with Gasteiger partial charge in [0.05, 0.1) is 6.61 Å². The Morgan fingerprint density at radius 1 is 1.20 bits per heavy atom. The van der Waals surface area contributed by atoms with Gasteiger partial charge in [-0.05, 0) is 43.0 Å². The Balaban J connectivity index is 2.70. The molecule has 0 saturated heterocycles. The van der Waals surface area contributed by atoms with Crippen LogP contribution >= 0.6 is 0 Å². The first kappa shape index (κ1) is 12.1. The molecule has 0 spiro atoms. The minimum atomic E-state index is 0.505. The van der Waals surface area contributed by atoms with Gasteiger partial charge in [-0.1, -0.05) is 26.0 Å². The molecule has 1 rings (SSSR count). The zero-order chi connectivity index (χ0) is 11.3. The summed E-state index contributed by atoms with van der Waals surface area (Å²) in [5.74, 6) is 1.96. The standard InChI is InChI=1S/C13H21NO/c1-4-15-13-7-5-12(6-8-13)11(3)10(2)9-14/h5-8,10-11H,4,9,14H2,1-3H3. The first-order valence-corrected chi connectivity index (χ1v) is 5.61. The molecule has 15 heavy (non-hydrogen) atoms. The molecule has 0 fully saturated rings. The molecule has 0 heterocycles. The van der Waals surface area contributed by atoms with E-state index in [1.807, 2.05) is 19.1 Å². The number of hydrogen-bond donors (Lipinski definition) is 1. The van der Waals surface area contributed by atoms with Gasteiger partial charge in [-0.25, -0.2) is 0 Å². The number of nitrogens with two attached hydrogens (primary N) is 1. The summed E-state index contributed by atoms with van der Waals surface area (Å²) in [6, 6.07) is 8.31. The lowest BCUT2D eigenvalue weighted by molar-refractivity contribution is 0.340. The molecule has 2 heteroatoms. The third kappa shape index (κ3) is 3.24. The first-order chi connectivity index (χ1) is 7.19. The number of rotatable bonds is 5. The number of hydrogen-bond acceptors (Lipinski definition) is 2. The second-order valence-electron chi connectivity index (χ2n) is 4.00. The highest BCUT2D eigenvalue weighted by Gasteiger charge is 2.12. The largest absolute Gasteiger partial charge is 0.494 e. The van der Waals surface area contributed by atoms with Crippen molar-refractivity contribution in [1.29, 1.82) is 0 Å². The fraction of sp³-hybridized carbons (Fsp3) is 0.538. The number of benzene rings is 1. The van der Waals surface area contributed by atoms with Crippen LogP contribution in [0.3, 0.4) is 0 Å². The Hall–Kier alpha value is -1.02. The van der Waals surface area contributed by atoms with Gasteiger partial charge in [0, 0.05) is 0 Å². The average Bonchev–Trinajstić information content (AvgIpc) is 2.28. The van der Waals surface area contributed by atoms with Gasteiger partial charge in [0.1, 0.15) is 5.75 Å². The van der Waals surface area contributed by atoms with Gasteiger partial charge in [0.2, 0.25) is 0 Å². The van der Waals surface area contributed by atoms with Crippen LogP contribution in [0.5, 0.6) is 5.75 Å². The Morgan fingerprint density at radius 3 is 2.27 bits per heavy atom. The van der Waals surface area contributed by atoms with E-state index in [0.717, 1.165) is 12.3 Å². The van der Waals surface area contributed by atoms with Crippen molar-refractivity contribution in [3.05, 3.63) is 29.8 Å². The van der Waals surface area contributed by atoms with Crippen LogP contribution in [-0.4, -0.2) is 13.2 Å². The highest BCUT2D eigenvalue weighted by atomic mass is 16.5. The van der Waals surface area contributed by atoms with Crippen molar-refractivity contribution >= 4 is 0 Å². The van der Waals surface area contributed by atoms with E-state index in [0.29, 0.717) is 18.4 Å². The molecule has 0 bridgehead atoms. The predicted molar refractivity (Wildman–Crippen MR) is 64.2 cm³/mol. The van der Waals surface area contributed by atoms with E-state index in [-0.39, 0.29) is 0 Å². The Labute approximate surface area is 92.4 Å². The number of ether oxygens (including phenoxy) is 1. The van der Waals surface area contributed by atoms with Crippen LogP contribution in [0.4, 0.5) is 0 Å². The SMILES string of the molecule is CCOc1ccc(C(C)C(C)CN)cc1. The average molecular weight is 207 g/mol. The van der Waals surface area contributed by atoms with Crippen molar-refractivity contribution in [3.8, 4) is 5.75 Å². The molecule has 0 aliphatic carbocycles. The van der Waals surface area contributed by atoms with Gasteiger partial charge in [0.15, 0.2) is 0 Å². The fourth-order valence-electron chi connectivity index (χ4n) is 1.57. The van der Waals surface area contributed by atoms with Crippen molar-refractivity contribution in [1.82, 2.24) is 0 Å². The summed E-state index contributed by atoms with van der Waals surface area (Å²) in [6.45, 7) is 7.84. The second kappa shape index (κ2) is 5.76. The van der Waals surface area contributed by atoms with E-state index >= 15 is 0 Å². The lowest BCUT2D eigenvalue weighted by Crippen LogP contribution is -2.16. The topological polar surface area (TPSA) is 35.2 Å². The molecule has 0 amide bonds. The Kier molecular flexibility index (Phi) is 4.63. The maximum Gasteiger partial charge on any atom is 0.119 e. The van der Waals surface area contributed by atoms with Crippen molar-refractivity contribution in [2.45, 2.75) is 26.7 Å². The molecule has 2 nitrogen and oxygen atoms in total. The lowest BCUT2D eigenvalue weighted by Gasteiger charge is -2.18. The molecule has 2 atom stereocenters. The summed E-state index contributed by atoms with van der Waals surface area (Å²) in [5.41, 5.74) is 6.99. The molecular formula is C13H21NO. The summed E-state index contributed by atoms with van der Waals surface area (Å²) >= 11 is 0. The Morgan fingerprint density at radius 2 is 1.80 bits per heavy atom. The molecule has 0 radical (unpaired) electrons. The molecule has 2 unspecified atom stereocenters. The molecule has 0 aromatic heterocycles. The van der Waals surface area contributed by atoms with E-state index in [1.54, 1.807) is 0 Å². The fourth-order valence-corrected chi connectivity index (χ4v) is 1.57. The summed E-state index contributed by atoms with van der Waals surface area (Å²) in [5, 5.41) is 0. The molecule has 0 aliphatic rings. The molecule has 84 valence electrons. The van der Waals surface area contributed by atoms with E-state index in [4.69, 9.17) is 10.5 Å². The molecule has 2 N–H and O–H groups in total. The highest BCUT2D eigenvalue weighted by molar-refractivity contribution is 5.29. The van der Waals surface area contributed by atoms with Crippen LogP contribution in [-0.2, 0) is 0 Å². The normalized spacial score (nSPS) is 14.7. The van der Waals surface area contributed by atoms with E-state index in [9.17, 15) is 0 Å². The molecular weight excluding hydrogens is 186 g/mol. The van der Waals surface area contributed by atoms with Crippen LogP contribution in [0.25, 0.3) is 0 Å². The second-order valence-corrected chi connectivity index (χ2v) is 4.00.